The Hall–Kier alpha value is -0.620. The van der Waals surface area contributed by atoms with Crippen LogP contribution in [0.25, 0.3) is 0 Å². The van der Waals surface area contributed by atoms with Gasteiger partial charge in [0, 0.05) is 0 Å². The van der Waals surface area contributed by atoms with E-state index in [1.54, 1.807) is 13.8 Å². The molecule has 1 unspecified atom stereocenters. The van der Waals surface area contributed by atoms with E-state index in [0.29, 0.717) is 0 Å². The maximum absolute atomic E-state index is 11.6. The van der Waals surface area contributed by atoms with Gasteiger partial charge in [0.05, 0.1) is 12.6 Å². The third-order valence-electron chi connectivity index (χ3n) is 2.80. The van der Waals surface area contributed by atoms with Crippen LogP contribution < -0.4 is 0 Å². The van der Waals surface area contributed by atoms with Crippen LogP contribution in [0, 0.1) is 5.92 Å². The molecule has 1 fully saturated rings. The monoisotopic (exact) mass is 235 g/mol. The maximum atomic E-state index is 11.6. The molecule has 0 aromatic carbocycles. The lowest BCUT2D eigenvalue weighted by molar-refractivity contribution is -0.133. The van der Waals surface area contributed by atoms with E-state index in [2.05, 4.69) is 0 Å². The minimum atomic E-state index is -3.55. The molecule has 0 aliphatic carbocycles. The molecule has 1 rings (SSSR count). The largest absolute Gasteiger partial charge is 0.391 e. The van der Waals surface area contributed by atoms with Crippen LogP contribution in [0.3, 0.4) is 0 Å². The van der Waals surface area contributed by atoms with Crippen molar-refractivity contribution in [2.75, 3.05) is 6.54 Å². The Bertz CT molecular complexity index is 372. The molecular formula is C9H17NO4S. The fraction of sp³-hybridized carbons (Fsp3) is 0.889. The lowest BCUT2D eigenvalue weighted by Crippen LogP contribution is -2.68. The summed E-state index contributed by atoms with van der Waals surface area (Å²) in [5.41, 5.74) is 0. The summed E-state index contributed by atoms with van der Waals surface area (Å²) < 4.78 is 22.7. The first-order chi connectivity index (χ1) is 6.62. The second-order valence-electron chi connectivity index (χ2n) is 4.66. The van der Waals surface area contributed by atoms with Crippen LogP contribution in [0.1, 0.15) is 27.7 Å². The van der Waals surface area contributed by atoms with Gasteiger partial charge in [-0.05, 0) is 19.8 Å². The van der Waals surface area contributed by atoms with E-state index in [9.17, 15) is 18.3 Å². The third kappa shape index (κ3) is 1.65. The molecule has 0 aromatic heterocycles. The first kappa shape index (κ1) is 12.4. The number of rotatable bonds is 3. The van der Waals surface area contributed by atoms with Crippen molar-refractivity contribution in [2.45, 2.75) is 38.5 Å². The summed E-state index contributed by atoms with van der Waals surface area (Å²) in [6.45, 7) is 6.16. The number of aliphatic hydroxyl groups excluding tert-OH is 1. The van der Waals surface area contributed by atoms with Gasteiger partial charge in [-0.25, -0.2) is 12.7 Å². The van der Waals surface area contributed by atoms with Gasteiger partial charge < -0.3 is 5.11 Å². The minimum Gasteiger partial charge on any atom is -0.391 e. The SMILES string of the molecule is CC(C)C(O)CN1C(=O)C(C)(C)S1(=O)=O. The van der Waals surface area contributed by atoms with Gasteiger partial charge in [-0.2, -0.15) is 0 Å². The zero-order valence-corrected chi connectivity index (χ0v) is 10.2. The molecule has 1 atom stereocenters. The molecule has 0 spiro atoms. The number of β-amino-alcohol motifs (C(OH)–C–C–N with tert-alkyl or cyclic N) is 1. The van der Waals surface area contributed by atoms with Gasteiger partial charge in [0.1, 0.15) is 0 Å². The molecule has 1 aliphatic heterocycles. The standard InChI is InChI=1S/C9H17NO4S/c1-6(2)7(11)5-10-8(12)9(3,4)15(10,13)14/h6-7,11H,5H2,1-4H3. The Balaban J connectivity index is 2.81. The van der Waals surface area contributed by atoms with Crippen LogP contribution in [-0.4, -0.2) is 41.1 Å². The normalized spacial score (nSPS) is 25.2. The molecular weight excluding hydrogens is 218 g/mol. The molecule has 6 heteroatoms. The zero-order chi connectivity index (χ0) is 12.0. The predicted molar refractivity (Wildman–Crippen MR) is 55.6 cm³/mol. The second kappa shape index (κ2) is 3.45. The van der Waals surface area contributed by atoms with Gasteiger partial charge in [0.25, 0.3) is 15.9 Å². The van der Waals surface area contributed by atoms with Crippen molar-refractivity contribution in [3.05, 3.63) is 0 Å². The van der Waals surface area contributed by atoms with E-state index < -0.39 is 26.8 Å². The number of hydrogen-bond acceptors (Lipinski definition) is 4. The highest BCUT2D eigenvalue weighted by Gasteiger charge is 2.60. The highest BCUT2D eigenvalue weighted by Crippen LogP contribution is 2.35. The maximum Gasteiger partial charge on any atom is 0.258 e. The van der Waals surface area contributed by atoms with E-state index >= 15 is 0 Å². The van der Waals surface area contributed by atoms with E-state index in [-0.39, 0.29) is 12.5 Å². The van der Waals surface area contributed by atoms with Crippen molar-refractivity contribution < 1.29 is 18.3 Å². The van der Waals surface area contributed by atoms with Crippen molar-refractivity contribution in [1.82, 2.24) is 4.31 Å². The number of carbonyl (C=O) groups is 1. The van der Waals surface area contributed by atoms with E-state index in [1.807, 2.05) is 0 Å². The lowest BCUT2D eigenvalue weighted by atomic mass is 10.1. The Morgan fingerprint density at radius 3 is 2.20 bits per heavy atom. The number of sulfonamides is 1. The number of carbonyl (C=O) groups excluding carboxylic acids is 1. The first-order valence-electron chi connectivity index (χ1n) is 4.87. The second-order valence-corrected chi connectivity index (χ2v) is 7.07. The van der Waals surface area contributed by atoms with Gasteiger partial charge in [-0.15, -0.1) is 0 Å². The fourth-order valence-corrected chi connectivity index (χ4v) is 2.86. The minimum absolute atomic E-state index is 0.0725. The van der Waals surface area contributed by atoms with E-state index in [1.165, 1.54) is 13.8 Å². The molecule has 1 aliphatic rings. The predicted octanol–water partition coefficient (Wildman–Crippen LogP) is -0.0461. The quantitative estimate of drug-likeness (QED) is 0.744. The van der Waals surface area contributed by atoms with E-state index in [0.717, 1.165) is 4.31 Å². The third-order valence-corrected chi connectivity index (χ3v) is 5.16. The first-order valence-corrected chi connectivity index (χ1v) is 6.31. The summed E-state index contributed by atoms with van der Waals surface area (Å²) >= 11 is 0. The average molecular weight is 235 g/mol. The average Bonchev–Trinajstić information content (AvgIpc) is 2.11. The molecule has 0 aromatic rings. The molecule has 1 N–H and O–H groups in total. The van der Waals surface area contributed by atoms with Crippen molar-refractivity contribution in [3.8, 4) is 0 Å². The molecule has 0 bridgehead atoms. The van der Waals surface area contributed by atoms with Gasteiger partial charge in [-0.3, -0.25) is 4.79 Å². The van der Waals surface area contributed by atoms with Crippen LogP contribution >= 0.6 is 0 Å². The summed E-state index contributed by atoms with van der Waals surface area (Å²) in [5, 5.41) is 9.52. The van der Waals surface area contributed by atoms with Crippen molar-refractivity contribution in [3.63, 3.8) is 0 Å². The van der Waals surface area contributed by atoms with Gasteiger partial charge in [0.15, 0.2) is 4.75 Å². The van der Waals surface area contributed by atoms with Crippen LogP contribution in [-0.2, 0) is 14.8 Å². The van der Waals surface area contributed by atoms with Crippen LogP contribution in [0.15, 0.2) is 0 Å². The summed E-state index contributed by atoms with van der Waals surface area (Å²) in [5.74, 6) is -0.515. The van der Waals surface area contributed by atoms with Crippen LogP contribution in [0.5, 0.6) is 0 Å². The Labute approximate surface area is 90.1 Å². The summed E-state index contributed by atoms with van der Waals surface area (Å²) in [6, 6.07) is 0. The number of amides is 1. The number of aliphatic hydroxyl groups is 1. The van der Waals surface area contributed by atoms with Crippen molar-refractivity contribution >= 4 is 15.9 Å². The van der Waals surface area contributed by atoms with Crippen molar-refractivity contribution in [2.24, 2.45) is 5.92 Å². The van der Waals surface area contributed by atoms with Gasteiger partial charge >= 0.3 is 0 Å². The van der Waals surface area contributed by atoms with E-state index in [4.69, 9.17) is 0 Å². The number of nitrogens with zero attached hydrogens (tertiary/aromatic N) is 1. The molecule has 88 valence electrons. The smallest absolute Gasteiger partial charge is 0.258 e. The van der Waals surface area contributed by atoms with Gasteiger partial charge in [0.2, 0.25) is 0 Å². The molecule has 1 amide bonds. The van der Waals surface area contributed by atoms with Crippen LogP contribution in [0.4, 0.5) is 0 Å². The van der Waals surface area contributed by atoms with Crippen molar-refractivity contribution in [1.29, 1.82) is 0 Å². The highest BCUT2D eigenvalue weighted by molar-refractivity contribution is 7.94. The summed E-state index contributed by atoms with van der Waals surface area (Å²) in [6.07, 6.45) is -0.806. The lowest BCUT2D eigenvalue weighted by Gasteiger charge is -2.44. The highest BCUT2D eigenvalue weighted by atomic mass is 32.2. The molecule has 5 nitrogen and oxygen atoms in total. The van der Waals surface area contributed by atoms with Gasteiger partial charge in [-0.1, -0.05) is 13.8 Å². The molecule has 15 heavy (non-hydrogen) atoms. The number of hydrogen-bond donors (Lipinski definition) is 1. The zero-order valence-electron chi connectivity index (χ0n) is 9.39. The topological polar surface area (TPSA) is 74.7 Å². The van der Waals surface area contributed by atoms with Crippen LogP contribution in [0.2, 0.25) is 0 Å². The summed E-state index contributed by atoms with van der Waals surface area (Å²) in [7, 11) is -3.55. The molecule has 0 radical (unpaired) electrons. The molecule has 0 saturated carbocycles. The fourth-order valence-electron chi connectivity index (χ4n) is 1.32. The molecule has 1 heterocycles. The summed E-state index contributed by atoms with van der Waals surface area (Å²) in [4.78, 5) is 11.5. The molecule has 1 saturated heterocycles. The Morgan fingerprint density at radius 1 is 1.40 bits per heavy atom. The Kier molecular flexibility index (Phi) is 2.86. The Morgan fingerprint density at radius 2 is 1.87 bits per heavy atom.